The van der Waals surface area contributed by atoms with Gasteiger partial charge in [0, 0.05) is 18.0 Å². The second-order valence-electron chi connectivity index (χ2n) is 7.87. The number of amides is 1. The van der Waals surface area contributed by atoms with E-state index in [1.165, 1.54) is 17.8 Å². The lowest BCUT2D eigenvalue weighted by Crippen LogP contribution is -2.32. The van der Waals surface area contributed by atoms with Gasteiger partial charge in [0.25, 0.3) is 0 Å². The molecule has 138 valence electrons. The molecule has 0 saturated heterocycles. The monoisotopic (exact) mass is 372 g/mol. The predicted molar refractivity (Wildman–Crippen MR) is 103 cm³/mol. The Morgan fingerprint density at radius 1 is 1.19 bits per heavy atom. The summed E-state index contributed by atoms with van der Waals surface area (Å²) in [7, 11) is 0. The summed E-state index contributed by atoms with van der Waals surface area (Å²) in [6, 6.07) is 5.84. The highest BCUT2D eigenvalue weighted by Crippen LogP contribution is 2.44. The van der Waals surface area contributed by atoms with Crippen molar-refractivity contribution >= 4 is 39.1 Å². The molecule has 2 saturated carbocycles. The number of nitrogens with one attached hydrogen (secondary N) is 1. The molecule has 0 unspecified atom stereocenters. The minimum absolute atomic E-state index is 0.0824. The summed E-state index contributed by atoms with van der Waals surface area (Å²) in [5, 5.41) is 13.4. The van der Waals surface area contributed by atoms with Crippen LogP contribution >= 0.6 is 11.3 Å². The lowest BCUT2D eigenvalue weighted by molar-refractivity contribution is -0.140. The summed E-state index contributed by atoms with van der Waals surface area (Å²) < 4.78 is 1.10. The molecule has 0 radical (unpaired) electrons. The lowest BCUT2D eigenvalue weighted by atomic mass is 9.69. The van der Waals surface area contributed by atoms with Crippen LogP contribution in [0, 0.1) is 5.41 Å². The number of fused-ring (bicyclic) bond motifs is 1. The molecule has 1 heterocycles. The van der Waals surface area contributed by atoms with Crippen molar-refractivity contribution in [2.24, 2.45) is 5.41 Å². The summed E-state index contributed by atoms with van der Waals surface area (Å²) in [5.74, 6) is -0.259. The van der Waals surface area contributed by atoms with E-state index in [1.54, 1.807) is 11.3 Å². The molecular formula is C20H24N2O3S. The van der Waals surface area contributed by atoms with E-state index < -0.39 is 5.97 Å². The van der Waals surface area contributed by atoms with Crippen molar-refractivity contribution in [2.75, 3.05) is 5.32 Å². The van der Waals surface area contributed by atoms with E-state index in [4.69, 9.17) is 0 Å². The van der Waals surface area contributed by atoms with Crippen LogP contribution in [0.15, 0.2) is 18.2 Å². The van der Waals surface area contributed by atoms with Crippen LogP contribution < -0.4 is 5.32 Å². The first-order valence-electron chi connectivity index (χ1n) is 9.45. The Labute approximate surface area is 156 Å². The average Bonchev–Trinajstić information content (AvgIpc) is 3.34. The molecule has 1 amide bonds. The highest BCUT2D eigenvalue weighted by atomic mass is 32.1. The highest BCUT2D eigenvalue weighted by Gasteiger charge is 2.36. The van der Waals surface area contributed by atoms with Crippen LogP contribution in [-0.2, 0) is 9.59 Å². The molecule has 2 fully saturated rings. The Morgan fingerprint density at radius 3 is 2.65 bits per heavy atom. The van der Waals surface area contributed by atoms with Crippen molar-refractivity contribution in [2.45, 2.75) is 63.7 Å². The smallest absolute Gasteiger partial charge is 0.303 e. The van der Waals surface area contributed by atoms with Crippen molar-refractivity contribution in [1.82, 2.24) is 4.98 Å². The molecule has 4 rings (SSSR count). The fourth-order valence-corrected chi connectivity index (χ4v) is 5.29. The number of rotatable bonds is 6. The quantitative estimate of drug-likeness (QED) is 0.754. The number of hydrogen-bond acceptors (Lipinski definition) is 4. The van der Waals surface area contributed by atoms with Crippen molar-refractivity contribution < 1.29 is 14.7 Å². The van der Waals surface area contributed by atoms with Gasteiger partial charge in [-0.25, -0.2) is 4.98 Å². The molecule has 0 spiro atoms. The van der Waals surface area contributed by atoms with Gasteiger partial charge in [0.1, 0.15) is 0 Å². The lowest BCUT2D eigenvalue weighted by Gasteiger charge is -2.35. The van der Waals surface area contributed by atoms with Gasteiger partial charge in [-0.05, 0) is 49.3 Å². The zero-order chi connectivity index (χ0) is 18.1. The summed E-state index contributed by atoms with van der Waals surface area (Å²) in [5.41, 5.74) is 1.38. The number of carboxylic acids is 1. The van der Waals surface area contributed by atoms with E-state index in [0.29, 0.717) is 5.92 Å². The molecule has 0 bridgehead atoms. The van der Waals surface area contributed by atoms with Gasteiger partial charge in [0.2, 0.25) is 5.91 Å². The summed E-state index contributed by atoms with van der Waals surface area (Å²) >= 11 is 1.71. The fourth-order valence-electron chi connectivity index (χ4n) is 4.11. The van der Waals surface area contributed by atoms with Gasteiger partial charge in [0.05, 0.1) is 21.6 Å². The van der Waals surface area contributed by atoms with Crippen molar-refractivity contribution in [1.29, 1.82) is 0 Å². The number of aliphatic carboxylic acids is 1. The van der Waals surface area contributed by atoms with Gasteiger partial charge < -0.3 is 10.4 Å². The molecular weight excluding hydrogens is 348 g/mol. The van der Waals surface area contributed by atoms with Crippen LogP contribution in [-0.4, -0.2) is 22.0 Å². The maximum Gasteiger partial charge on any atom is 0.303 e. The fraction of sp³-hybridized carbons (Fsp3) is 0.550. The van der Waals surface area contributed by atoms with Crippen LogP contribution in [0.3, 0.4) is 0 Å². The van der Waals surface area contributed by atoms with Crippen LogP contribution in [0.25, 0.3) is 10.2 Å². The largest absolute Gasteiger partial charge is 0.481 e. The van der Waals surface area contributed by atoms with Gasteiger partial charge in [-0.3, -0.25) is 9.59 Å². The number of carbonyl (C=O) groups excluding carboxylic acids is 1. The maximum absolute atomic E-state index is 12.6. The van der Waals surface area contributed by atoms with E-state index in [-0.39, 0.29) is 24.2 Å². The first kappa shape index (κ1) is 17.5. The van der Waals surface area contributed by atoms with Gasteiger partial charge in [-0.1, -0.05) is 19.3 Å². The number of thiazole rings is 1. The number of anilines is 1. The molecule has 6 heteroatoms. The number of aromatic nitrogens is 1. The topological polar surface area (TPSA) is 79.3 Å². The van der Waals surface area contributed by atoms with Crippen LogP contribution in [0.1, 0.15) is 68.7 Å². The van der Waals surface area contributed by atoms with E-state index in [0.717, 1.165) is 48.0 Å². The van der Waals surface area contributed by atoms with Gasteiger partial charge in [-0.2, -0.15) is 0 Å². The molecule has 0 aliphatic heterocycles. The average molecular weight is 372 g/mol. The number of nitrogens with zero attached hydrogens (tertiary/aromatic N) is 1. The molecule has 0 atom stereocenters. The summed E-state index contributed by atoms with van der Waals surface area (Å²) in [6.07, 6.45) is 7.64. The Bertz CT molecular complexity index is 835. The first-order chi connectivity index (χ1) is 12.5. The highest BCUT2D eigenvalue weighted by molar-refractivity contribution is 7.18. The van der Waals surface area contributed by atoms with Crippen molar-refractivity contribution in [3.05, 3.63) is 23.2 Å². The predicted octanol–water partition coefficient (Wildman–Crippen LogP) is 4.93. The molecule has 2 N–H and O–H groups in total. The summed E-state index contributed by atoms with van der Waals surface area (Å²) in [6.45, 7) is 0. The molecule has 1 aromatic carbocycles. The molecule has 5 nitrogen and oxygen atoms in total. The Morgan fingerprint density at radius 2 is 1.96 bits per heavy atom. The van der Waals surface area contributed by atoms with E-state index in [2.05, 4.69) is 10.3 Å². The third kappa shape index (κ3) is 3.90. The minimum Gasteiger partial charge on any atom is -0.481 e. The van der Waals surface area contributed by atoms with E-state index in [9.17, 15) is 14.7 Å². The molecule has 1 aromatic heterocycles. The number of hydrogen-bond donors (Lipinski definition) is 2. The van der Waals surface area contributed by atoms with Gasteiger partial charge in [0.15, 0.2) is 0 Å². The second kappa shape index (κ2) is 6.99. The molecule has 2 aliphatic carbocycles. The Balaban J connectivity index is 1.46. The van der Waals surface area contributed by atoms with E-state index in [1.807, 2.05) is 18.2 Å². The van der Waals surface area contributed by atoms with Gasteiger partial charge >= 0.3 is 5.97 Å². The number of benzene rings is 1. The molecule has 2 aliphatic rings. The zero-order valence-electron chi connectivity index (χ0n) is 14.8. The minimum atomic E-state index is -0.807. The van der Waals surface area contributed by atoms with Gasteiger partial charge in [-0.15, -0.1) is 11.3 Å². The Hall–Kier alpha value is -1.95. The van der Waals surface area contributed by atoms with Crippen LogP contribution in [0.5, 0.6) is 0 Å². The SMILES string of the molecule is O=C(O)CC1(CC(=O)Nc2ccc3nc(C4CC4)sc3c2)CCCCC1. The second-order valence-corrected chi connectivity index (χ2v) is 8.93. The first-order valence-corrected chi connectivity index (χ1v) is 10.3. The van der Waals surface area contributed by atoms with E-state index >= 15 is 0 Å². The number of carbonyl (C=O) groups is 2. The Kier molecular flexibility index (Phi) is 4.69. The number of carboxylic acid groups (broad SMARTS) is 1. The van der Waals surface area contributed by atoms with Crippen LogP contribution in [0.4, 0.5) is 5.69 Å². The van der Waals surface area contributed by atoms with Crippen LogP contribution in [0.2, 0.25) is 0 Å². The van der Waals surface area contributed by atoms with Crippen molar-refractivity contribution in [3.63, 3.8) is 0 Å². The zero-order valence-corrected chi connectivity index (χ0v) is 15.6. The van der Waals surface area contributed by atoms with Crippen molar-refractivity contribution in [3.8, 4) is 0 Å². The normalized spacial score (nSPS) is 19.4. The standard InChI is InChI=1S/C20H24N2O3S/c23-17(11-20(12-18(24)25)8-2-1-3-9-20)21-14-6-7-15-16(10-14)26-19(22-15)13-4-5-13/h6-7,10,13H,1-5,8-9,11-12H2,(H,21,23)(H,24,25). The third-order valence-corrected chi connectivity index (χ3v) is 6.77. The summed E-state index contributed by atoms with van der Waals surface area (Å²) in [4.78, 5) is 28.6. The molecule has 2 aromatic rings. The third-order valence-electron chi connectivity index (χ3n) is 5.59. The molecule has 26 heavy (non-hydrogen) atoms. The maximum atomic E-state index is 12.6.